The molecule has 0 spiro atoms. The molecule has 4 fully saturated rings. The number of ether oxygens (including phenoxy) is 7. The lowest BCUT2D eigenvalue weighted by Crippen LogP contribution is -2.61. The van der Waals surface area contributed by atoms with Gasteiger partial charge in [0.2, 0.25) is 0 Å². The predicted molar refractivity (Wildman–Crippen MR) is 230 cm³/mol. The largest absolute Gasteiger partial charge is 0.459 e. The lowest BCUT2D eigenvalue weighted by Gasteiger charge is -2.49. The molecule has 18 nitrogen and oxygen atoms in total. The van der Waals surface area contributed by atoms with E-state index >= 15 is 0 Å². The average Bonchev–Trinajstić information content (AvgIpc) is 3.90. The molecule has 0 radical (unpaired) electrons. The number of aliphatic hydroxyl groups excluding tert-OH is 3. The zero-order valence-electron chi connectivity index (χ0n) is 39.4. The van der Waals surface area contributed by atoms with E-state index in [2.05, 4.69) is 20.2 Å². The summed E-state index contributed by atoms with van der Waals surface area (Å²) in [7, 11) is 3.44. The highest BCUT2D eigenvalue weighted by atomic mass is 16.7. The first kappa shape index (κ1) is 50.4. The number of fused-ring (bicyclic) bond motifs is 2. The van der Waals surface area contributed by atoms with Gasteiger partial charge >= 0.3 is 5.97 Å². The van der Waals surface area contributed by atoms with Crippen LogP contribution >= 0.6 is 0 Å². The monoisotopic (exact) mass is 904 g/mol. The number of hydrogen-bond acceptors (Lipinski definition) is 17. The van der Waals surface area contributed by atoms with Crippen LogP contribution in [-0.2, 0) is 55.7 Å². The Morgan fingerprint density at radius 3 is 2.41 bits per heavy atom. The molecule has 2 aromatic rings. The van der Waals surface area contributed by atoms with Gasteiger partial charge in [-0.3, -0.25) is 14.6 Å². The molecule has 2 aromatic heterocycles. The number of Topliss-reactive ketones (excluding diaryl/α,β-unsaturated/α-hetero) is 1. The number of likely N-dealkylation sites (N-methyl/N-ethyl adjacent to an activating group) is 1. The number of aromatic nitrogens is 4. The van der Waals surface area contributed by atoms with E-state index in [9.17, 15) is 30.0 Å². The number of carbonyl (C=O) groups excluding carboxylic acids is 2. The van der Waals surface area contributed by atoms with E-state index in [1.165, 1.54) is 14.0 Å². The molecule has 6 heterocycles. The number of esters is 1. The number of aliphatic hydroxyl groups is 4. The number of rotatable bonds is 12. The fraction of sp³-hybridized carbons (Fsp3) is 0.804. The van der Waals surface area contributed by atoms with E-state index in [4.69, 9.17) is 33.2 Å². The molecule has 4 N–H and O–H groups in total. The fourth-order valence-electron chi connectivity index (χ4n) is 10.4. The van der Waals surface area contributed by atoms with Crippen molar-refractivity contribution in [2.75, 3.05) is 27.3 Å². The molecule has 4 saturated heterocycles. The Kier molecular flexibility index (Phi) is 16.1. The summed E-state index contributed by atoms with van der Waals surface area (Å²) in [6.07, 6.45) is -3.09. The van der Waals surface area contributed by atoms with Crippen LogP contribution < -0.4 is 0 Å². The molecule has 2 bridgehead atoms. The van der Waals surface area contributed by atoms with Gasteiger partial charge in [-0.25, -0.2) is 4.68 Å². The van der Waals surface area contributed by atoms with E-state index in [-0.39, 0.29) is 37.8 Å². The van der Waals surface area contributed by atoms with Crippen LogP contribution in [0.1, 0.15) is 99.3 Å². The summed E-state index contributed by atoms with van der Waals surface area (Å²) in [6.45, 7) is 16.5. The van der Waals surface area contributed by atoms with Crippen LogP contribution in [0, 0.1) is 23.7 Å². The molecule has 0 aliphatic carbocycles. The Labute approximate surface area is 377 Å². The minimum atomic E-state index is -1.98. The molecule has 64 heavy (non-hydrogen) atoms. The van der Waals surface area contributed by atoms with Crippen LogP contribution in [0.15, 0.2) is 30.7 Å². The molecule has 0 saturated carbocycles. The second-order valence-corrected chi connectivity index (χ2v) is 19.6. The van der Waals surface area contributed by atoms with Gasteiger partial charge in [0, 0.05) is 68.9 Å². The van der Waals surface area contributed by atoms with Gasteiger partial charge in [0.1, 0.15) is 29.7 Å². The molecule has 18 atom stereocenters. The van der Waals surface area contributed by atoms with Crippen molar-refractivity contribution in [3.8, 4) is 0 Å². The van der Waals surface area contributed by atoms with Gasteiger partial charge in [-0.05, 0) is 79.5 Å². The van der Waals surface area contributed by atoms with Gasteiger partial charge in [-0.1, -0.05) is 32.1 Å². The van der Waals surface area contributed by atoms with Crippen LogP contribution in [-0.4, -0.2) is 169 Å². The third-order valence-electron chi connectivity index (χ3n) is 14.6. The second-order valence-electron chi connectivity index (χ2n) is 19.6. The van der Waals surface area contributed by atoms with Crippen molar-refractivity contribution >= 4 is 11.8 Å². The number of hydrogen-bond donors (Lipinski definition) is 4. The first-order valence-corrected chi connectivity index (χ1v) is 22.9. The SMILES string of the molecule is CC[C@H]1OC(=O)[C@H](C)[C@@H](O[C@H]2C[C@@](C)(OC)[C@@H](O)[C@H](C)O2)[C@H](C)[C@@H](O[C@@H]2O[C@H](C)C[C@H](N(C)CCc3cn(Cc4cccnc4)nn3)[C@H]2O)[C@@]2(C)C[C@@H](CO2)C(=O)[C@H](C)[C@@H](O)[C@]1(C)O. The number of methoxy groups -OCH3 is 1. The Bertz CT molecular complexity index is 1860. The van der Waals surface area contributed by atoms with Crippen molar-refractivity contribution in [1.29, 1.82) is 0 Å². The number of nitrogens with zero attached hydrogens (tertiary/aromatic N) is 5. The Morgan fingerprint density at radius 2 is 1.73 bits per heavy atom. The van der Waals surface area contributed by atoms with E-state index in [1.807, 2.05) is 46.1 Å². The first-order chi connectivity index (χ1) is 30.1. The van der Waals surface area contributed by atoms with E-state index in [0.29, 0.717) is 25.9 Å². The highest BCUT2D eigenvalue weighted by Gasteiger charge is 2.56. The molecule has 0 amide bonds. The quantitative estimate of drug-likeness (QED) is 0.225. The number of cyclic esters (lactones) is 1. The van der Waals surface area contributed by atoms with Crippen LogP contribution in [0.25, 0.3) is 0 Å². The molecule has 4 aliphatic heterocycles. The van der Waals surface area contributed by atoms with Crippen molar-refractivity contribution in [3.05, 3.63) is 42.0 Å². The zero-order chi connectivity index (χ0) is 46.9. The third kappa shape index (κ3) is 10.7. The van der Waals surface area contributed by atoms with Crippen molar-refractivity contribution < 1.29 is 63.2 Å². The second kappa shape index (κ2) is 20.5. The summed E-state index contributed by atoms with van der Waals surface area (Å²) in [4.78, 5) is 34.8. The average molecular weight is 904 g/mol. The summed E-state index contributed by atoms with van der Waals surface area (Å²) in [5, 5.41) is 55.2. The summed E-state index contributed by atoms with van der Waals surface area (Å²) in [6, 6.07) is 3.47. The highest BCUT2D eigenvalue weighted by molar-refractivity contribution is 5.84. The van der Waals surface area contributed by atoms with Gasteiger partial charge in [0.05, 0.1) is 66.5 Å². The normalized spacial score (nSPS) is 42.7. The Morgan fingerprint density at radius 1 is 1.00 bits per heavy atom. The number of pyridine rings is 1. The highest BCUT2D eigenvalue weighted by Crippen LogP contribution is 2.44. The van der Waals surface area contributed by atoms with Crippen LogP contribution in [0.4, 0.5) is 0 Å². The standard InChI is InChI=1S/C46H73N5O13/c1-12-34-46(9,57)39(54)26(3)36(52)31-19-45(8,59-24-31)41(27(4)38(28(5)42(56)62-34)63-35-20-44(7,58-11)40(55)29(6)61-35)64-43-37(53)33(18-25(2)60-43)50(10)17-15-32-23-51(49-48-32)22-30-14-13-16-47-21-30/h13-14,16,21,23,25-29,31,33-35,37-41,43,53-55,57H,12,15,17-20,22,24H2,1-11H3/t25-,26+,27+,28-,29+,31+,33+,34-,35+,37-,38+,39-,40+,41-,43+,44-,45-,46-/m1/s1. The van der Waals surface area contributed by atoms with Crippen molar-refractivity contribution in [3.63, 3.8) is 0 Å². The lowest BCUT2D eigenvalue weighted by atomic mass is 9.75. The van der Waals surface area contributed by atoms with E-state index in [0.717, 1.165) is 11.3 Å². The topological polar surface area (TPSA) is 227 Å². The van der Waals surface area contributed by atoms with Crippen LogP contribution in [0.3, 0.4) is 0 Å². The lowest BCUT2D eigenvalue weighted by molar-refractivity contribution is -0.317. The summed E-state index contributed by atoms with van der Waals surface area (Å²) in [5.74, 6) is -4.51. The maximum absolute atomic E-state index is 14.4. The molecule has 18 heteroatoms. The molecular weight excluding hydrogens is 831 g/mol. The van der Waals surface area contributed by atoms with E-state index in [1.54, 1.807) is 51.7 Å². The number of carbonyl (C=O) groups is 2. The van der Waals surface area contributed by atoms with Crippen molar-refractivity contribution in [2.45, 2.75) is 185 Å². The minimum Gasteiger partial charge on any atom is -0.459 e. The zero-order valence-corrected chi connectivity index (χ0v) is 39.4. The summed E-state index contributed by atoms with van der Waals surface area (Å²) < 4.78 is 46.6. The molecule has 360 valence electrons. The molecule has 4 aliphatic rings. The summed E-state index contributed by atoms with van der Waals surface area (Å²) in [5.41, 5.74) is -2.43. The van der Waals surface area contributed by atoms with Gasteiger partial charge < -0.3 is 58.5 Å². The smallest absolute Gasteiger partial charge is 0.311 e. The predicted octanol–water partition coefficient (Wildman–Crippen LogP) is 2.45. The number of ketones is 1. The Balaban J connectivity index is 1.30. The molecule has 6 rings (SSSR count). The van der Waals surface area contributed by atoms with Gasteiger partial charge in [-0.15, -0.1) is 5.10 Å². The molecule has 0 unspecified atom stereocenters. The van der Waals surface area contributed by atoms with Crippen molar-refractivity contribution in [1.82, 2.24) is 24.9 Å². The van der Waals surface area contributed by atoms with Gasteiger partial charge in [0.25, 0.3) is 0 Å². The molecular formula is C46H73N5O13. The summed E-state index contributed by atoms with van der Waals surface area (Å²) >= 11 is 0. The first-order valence-electron chi connectivity index (χ1n) is 22.9. The van der Waals surface area contributed by atoms with Gasteiger partial charge in [-0.2, -0.15) is 0 Å². The molecule has 0 aromatic carbocycles. The van der Waals surface area contributed by atoms with Crippen LogP contribution in [0.5, 0.6) is 0 Å². The minimum absolute atomic E-state index is 0.00482. The van der Waals surface area contributed by atoms with E-state index < -0.39 is 108 Å². The maximum Gasteiger partial charge on any atom is 0.311 e. The van der Waals surface area contributed by atoms with Crippen molar-refractivity contribution in [2.24, 2.45) is 23.7 Å². The van der Waals surface area contributed by atoms with Gasteiger partial charge in [0.15, 0.2) is 12.6 Å². The van der Waals surface area contributed by atoms with Crippen LogP contribution in [0.2, 0.25) is 0 Å². The Hall–Kier alpha value is -3.01. The maximum atomic E-state index is 14.4. The third-order valence-corrected chi connectivity index (χ3v) is 14.6. The fourth-order valence-corrected chi connectivity index (χ4v) is 10.4.